The minimum Gasteiger partial charge on any atom is -0.494 e. The lowest BCUT2D eigenvalue weighted by Gasteiger charge is -2.04. The first kappa shape index (κ1) is 14.5. The lowest BCUT2D eigenvalue weighted by molar-refractivity contribution is 0.102. The third-order valence-electron chi connectivity index (χ3n) is 2.58. The van der Waals surface area contributed by atoms with Gasteiger partial charge in [-0.1, -0.05) is 25.2 Å². The first-order valence-electron chi connectivity index (χ1n) is 6.47. The number of amides is 1. The Labute approximate surface area is 122 Å². The lowest BCUT2D eigenvalue weighted by atomic mass is 10.2. The van der Waals surface area contributed by atoms with Crippen LogP contribution in [0.5, 0.6) is 5.75 Å². The second-order valence-corrected chi connectivity index (χ2v) is 5.52. The van der Waals surface area contributed by atoms with E-state index in [4.69, 9.17) is 4.74 Å². The molecule has 0 unspecified atom stereocenters. The predicted octanol–water partition coefficient (Wildman–Crippen LogP) is 3.31. The maximum Gasteiger partial charge on any atom is 0.257 e. The molecule has 1 amide bonds. The molecule has 0 fully saturated rings. The molecule has 1 N–H and O–H groups in total. The van der Waals surface area contributed by atoms with Crippen molar-refractivity contribution in [1.29, 1.82) is 0 Å². The zero-order valence-corrected chi connectivity index (χ0v) is 12.5. The van der Waals surface area contributed by atoms with Gasteiger partial charge in [0.1, 0.15) is 10.8 Å². The normalized spacial score (nSPS) is 10.6. The average Bonchev–Trinajstić information content (AvgIpc) is 2.88. The van der Waals surface area contributed by atoms with Crippen LogP contribution in [-0.4, -0.2) is 22.7 Å². The van der Waals surface area contributed by atoms with E-state index in [9.17, 15) is 4.79 Å². The Morgan fingerprint density at radius 1 is 1.30 bits per heavy atom. The molecule has 0 radical (unpaired) electrons. The molecule has 1 heterocycles. The van der Waals surface area contributed by atoms with Gasteiger partial charge in [0, 0.05) is 11.5 Å². The molecule has 0 saturated carbocycles. The smallest absolute Gasteiger partial charge is 0.257 e. The van der Waals surface area contributed by atoms with Gasteiger partial charge >= 0.3 is 0 Å². The predicted molar refractivity (Wildman–Crippen MR) is 79.6 cm³/mol. The van der Waals surface area contributed by atoms with E-state index in [-0.39, 0.29) is 5.91 Å². The van der Waals surface area contributed by atoms with Crippen LogP contribution >= 0.6 is 11.3 Å². The lowest BCUT2D eigenvalue weighted by Crippen LogP contribution is -2.11. The van der Waals surface area contributed by atoms with Crippen molar-refractivity contribution in [2.45, 2.75) is 26.7 Å². The van der Waals surface area contributed by atoms with Crippen LogP contribution in [0, 0.1) is 0 Å². The highest BCUT2D eigenvalue weighted by molar-refractivity contribution is 7.15. The number of ether oxygens (including phenoxy) is 1. The van der Waals surface area contributed by atoms with E-state index in [2.05, 4.69) is 15.5 Å². The van der Waals surface area contributed by atoms with E-state index >= 15 is 0 Å². The number of hydrogen-bond acceptors (Lipinski definition) is 5. The summed E-state index contributed by atoms with van der Waals surface area (Å²) in [6, 6.07) is 7.01. The van der Waals surface area contributed by atoms with Crippen molar-refractivity contribution < 1.29 is 9.53 Å². The first-order chi connectivity index (χ1) is 9.60. The van der Waals surface area contributed by atoms with Gasteiger partial charge in [0.25, 0.3) is 5.91 Å². The minimum atomic E-state index is -0.195. The second-order valence-electron chi connectivity index (χ2n) is 4.51. The van der Waals surface area contributed by atoms with E-state index in [1.807, 2.05) is 20.8 Å². The molecule has 5 nitrogen and oxygen atoms in total. The van der Waals surface area contributed by atoms with Crippen molar-refractivity contribution in [2.75, 3.05) is 11.9 Å². The van der Waals surface area contributed by atoms with Crippen molar-refractivity contribution in [3.05, 3.63) is 34.8 Å². The number of benzene rings is 1. The summed E-state index contributed by atoms with van der Waals surface area (Å²) >= 11 is 1.40. The summed E-state index contributed by atoms with van der Waals surface area (Å²) in [6.45, 7) is 6.60. The van der Waals surface area contributed by atoms with Crippen molar-refractivity contribution in [3.63, 3.8) is 0 Å². The number of aromatic nitrogens is 2. The maximum atomic E-state index is 12.0. The Bertz CT molecular complexity index is 578. The molecule has 1 aromatic carbocycles. The Balaban J connectivity index is 2.03. The average molecular weight is 291 g/mol. The van der Waals surface area contributed by atoms with Gasteiger partial charge in [-0.3, -0.25) is 10.1 Å². The molecule has 20 heavy (non-hydrogen) atoms. The Hall–Kier alpha value is -1.95. The van der Waals surface area contributed by atoms with E-state index in [0.29, 0.717) is 23.2 Å². The molecule has 6 heteroatoms. The molecular weight excluding hydrogens is 274 g/mol. The molecule has 106 valence electrons. The quantitative estimate of drug-likeness (QED) is 0.918. The van der Waals surface area contributed by atoms with Crippen LogP contribution in [-0.2, 0) is 0 Å². The van der Waals surface area contributed by atoms with Crippen molar-refractivity contribution in [1.82, 2.24) is 10.2 Å². The highest BCUT2D eigenvalue weighted by Crippen LogP contribution is 2.23. The number of carbonyl (C=O) groups is 1. The topological polar surface area (TPSA) is 64.1 Å². The molecule has 0 aliphatic carbocycles. The summed E-state index contributed by atoms with van der Waals surface area (Å²) in [6.07, 6.45) is 0. The number of nitrogens with zero attached hydrogens (tertiary/aromatic N) is 2. The minimum absolute atomic E-state index is 0.195. The number of nitrogens with one attached hydrogen (secondary N) is 1. The fourth-order valence-corrected chi connectivity index (χ4v) is 2.30. The van der Waals surface area contributed by atoms with Gasteiger partial charge in [-0.05, 0) is 31.2 Å². The number of hydrogen-bond donors (Lipinski definition) is 1. The van der Waals surface area contributed by atoms with E-state index in [1.54, 1.807) is 24.3 Å². The summed E-state index contributed by atoms with van der Waals surface area (Å²) in [4.78, 5) is 12.0. The van der Waals surface area contributed by atoms with Crippen LogP contribution in [0.4, 0.5) is 5.13 Å². The van der Waals surface area contributed by atoms with Gasteiger partial charge in [0.05, 0.1) is 6.61 Å². The summed E-state index contributed by atoms with van der Waals surface area (Å²) in [5, 5.41) is 12.2. The fraction of sp³-hybridized carbons (Fsp3) is 0.357. The number of rotatable bonds is 5. The molecule has 2 rings (SSSR count). The summed E-state index contributed by atoms with van der Waals surface area (Å²) < 4.78 is 5.34. The number of carbonyl (C=O) groups excluding carboxylic acids is 1. The zero-order chi connectivity index (χ0) is 14.5. The van der Waals surface area contributed by atoms with Gasteiger partial charge in [-0.2, -0.15) is 0 Å². The molecule has 1 aromatic heterocycles. The van der Waals surface area contributed by atoms with Crippen LogP contribution in [0.2, 0.25) is 0 Å². The van der Waals surface area contributed by atoms with Gasteiger partial charge in [-0.25, -0.2) is 0 Å². The molecule has 0 bridgehead atoms. The second kappa shape index (κ2) is 6.47. The molecule has 2 aromatic rings. The van der Waals surface area contributed by atoms with E-state index in [1.165, 1.54) is 11.3 Å². The molecule has 0 saturated heterocycles. The summed E-state index contributed by atoms with van der Waals surface area (Å²) in [7, 11) is 0. The third kappa shape index (κ3) is 3.54. The Morgan fingerprint density at radius 3 is 2.55 bits per heavy atom. The van der Waals surface area contributed by atoms with Crippen LogP contribution in [0.15, 0.2) is 24.3 Å². The van der Waals surface area contributed by atoms with E-state index < -0.39 is 0 Å². The number of anilines is 1. The van der Waals surface area contributed by atoms with Crippen LogP contribution in [0.25, 0.3) is 0 Å². The van der Waals surface area contributed by atoms with Gasteiger partial charge in [0.15, 0.2) is 0 Å². The highest BCUT2D eigenvalue weighted by Gasteiger charge is 2.11. The Morgan fingerprint density at radius 2 is 2.00 bits per heavy atom. The van der Waals surface area contributed by atoms with Crippen LogP contribution < -0.4 is 10.1 Å². The monoisotopic (exact) mass is 291 g/mol. The largest absolute Gasteiger partial charge is 0.494 e. The maximum absolute atomic E-state index is 12.0. The van der Waals surface area contributed by atoms with E-state index in [0.717, 1.165) is 10.8 Å². The molecule has 0 aliphatic heterocycles. The Kier molecular flexibility index (Phi) is 4.68. The SMILES string of the molecule is CCOc1ccc(C(=O)Nc2nnc(C(C)C)s2)cc1. The molecule has 0 spiro atoms. The molecule has 0 atom stereocenters. The van der Waals surface area contributed by atoms with Crippen molar-refractivity contribution in [3.8, 4) is 5.75 Å². The third-order valence-corrected chi connectivity index (χ3v) is 3.72. The fourth-order valence-electron chi connectivity index (χ4n) is 1.56. The molecule has 0 aliphatic rings. The van der Waals surface area contributed by atoms with Crippen LogP contribution in [0.3, 0.4) is 0 Å². The van der Waals surface area contributed by atoms with Gasteiger partial charge < -0.3 is 4.74 Å². The van der Waals surface area contributed by atoms with Crippen LogP contribution in [0.1, 0.15) is 42.1 Å². The zero-order valence-electron chi connectivity index (χ0n) is 11.7. The molecular formula is C14H17N3O2S. The summed E-state index contributed by atoms with van der Waals surface area (Å²) in [5.74, 6) is 0.866. The van der Waals surface area contributed by atoms with Gasteiger partial charge in [-0.15, -0.1) is 10.2 Å². The first-order valence-corrected chi connectivity index (χ1v) is 7.29. The van der Waals surface area contributed by atoms with Crippen molar-refractivity contribution in [2.24, 2.45) is 0 Å². The van der Waals surface area contributed by atoms with Crippen molar-refractivity contribution >= 4 is 22.4 Å². The standard InChI is InChI=1S/C14H17N3O2S/c1-4-19-11-7-5-10(6-8-11)12(18)15-14-17-16-13(20-14)9(2)3/h5-9H,4H2,1-3H3,(H,15,17,18). The highest BCUT2D eigenvalue weighted by atomic mass is 32.1. The van der Waals surface area contributed by atoms with Gasteiger partial charge in [0.2, 0.25) is 5.13 Å². The summed E-state index contributed by atoms with van der Waals surface area (Å²) in [5.41, 5.74) is 0.565.